The predicted molar refractivity (Wildman–Crippen MR) is 91.6 cm³/mol. The number of hydrogen-bond donors (Lipinski definition) is 0. The number of hydrogen-bond acceptors (Lipinski definition) is 7. The molecule has 0 unspecified atom stereocenters. The molecule has 9 heteroatoms. The zero-order valence-corrected chi connectivity index (χ0v) is 15.8. The third-order valence-electron chi connectivity index (χ3n) is 3.91. The standard InChI is InChI=1S/C20H14NO3.ClHO4/c1-13-8-16-9-19-20(23-12-22-19)10-17(16)18(24-13)7-6-14-2-4-15(11-21)5-3-14;2-1(3,4)5/h2-10H,12H2,1H3;(H,2,3,4,5)/q+1;/p-1. The van der Waals surface area contributed by atoms with Crippen LogP contribution in [0.3, 0.4) is 0 Å². The summed E-state index contributed by atoms with van der Waals surface area (Å²) < 4.78 is 50.8. The molecule has 0 N–H and O–H groups in total. The normalized spacial score (nSPS) is 12.6. The van der Waals surface area contributed by atoms with Crippen LogP contribution in [-0.4, -0.2) is 6.79 Å². The Bertz CT molecular complexity index is 1090. The molecule has 1 aromatic heterocycles. The predicted octanol–water partition coefficient (Wildman–Crippen LogP) is 0.0371. The van der Waals surface area contributed by atoms with Crippen LogP contribution in [0.4, 0.5) is 0 Å². The summed E-state index contributed by atoms with van der Waals surface area (Å²) in [7, 11) is -4.94. The summed E-state index contributed by atoms with van der Waals surface area (Å²) in [6, 6.07) is 15.4. The molecule has 0 saturated carbocycles. The second kappa shape index (κ2) is 8.45. The van der Waals surface area contributed by atoms with Crippen LogP contribution in [0, 0.1) is 28.5 Å². The van der Waals surface area contributed by atoms with Crippen molar-refractivity contribution in [2.75, 3.05) is 6.79 Å². The highest BCUT2D eigenvalue weighted by Crippen LogP contribution is 2.38. The molecule has 0 bridgehead atoms. The Morgan fingerprint density at radius 2 is 1.62 bits per heavy atom. The molecule has 148 valence electrons. The number of halogens is 1. The molecular formula is C20H14ClNO7. The van der Waals surface area contributed by atoms with Crippen molar-refractivity contribution < 1.29 is 42.8 Å². The van der Waals surface area contributed by atoms with Gasteiger partial charge in [0.25, 0.3) is 0 Å². The first-order valence-corrected chi connectivity index (χ1v) is 9.43. The number of rotatable bonds is 2. The van der Waals surface area contributed by atoms with Crippen molar-refractivity contribution in [2.24, 2.45) is 0 Å². The molecule has 0 aliphatic carbocycles. The molecule has 0 radical (unpaired) electrons. The molecule has 4 rings (SSSR count). The van der Waals surface area contributed by atoms with E-state index in [1.165, 1.54) is 0 Å². The first-order valence-electron chi connectivity index (χ1n) is 8.20. The minimum absolute atomic E-state index is 0.248. The smallest absolute Gasteiger partial charge is 0.360 e. The van der Waals surface area contributed by atoms with E-state index in [2.05, 4.69) is 6.07 Å². The second-order valence-electron chi connectivity index (χ2n) is 5.96. The Balaban J connectivity index is 0.000000431. The minimum Gasteiger partial charge on any atom is -0.454 e. The van der Waals surface area contributed by atoms with Gasteiger partial charge in [-0.15, -0.1) is 10.2 Å². The Morgan fingerprint density at radius 1 is 1.00 bits per heavy atom. The number of nitriles is 1. The van der Waals surface area contributed by atoms with Gasteiger partial charge in [0, 0.05) is 23.6 Å². The lowest BCUT2D eigenvalue weighted by Crippen LogP contribution is -2.68. The molecular weight excluding hydrogens is 402 g/mol. The van der Waals surface area contributed by atoms with Crippen molar-refractivity contribution in [1.82, 2.24) is 0 Å². The van der Waals surface area contributed by atoms with E-state index in [1.807, 2.05) is 49.4 Å². The van der Waals surface area contributed by atoms with Gasteiger partial charge in [0.1, 0.15) is 0 Å². The molecule has 2 heterocycles. The molecule has 3 aromatic rings. The lowest BCUT2D eigenvalue weighted by atomic mass is 10.1. The number of ether oxygens (including phenoxy) is 2. The van der Waals surface area contributed by atoms with Gasteiger partial charge < -0.3 is 9.47 Å². The summed E-state index contributed by atoms with van der Waals surface area (Å²) in [5.74, 6) is 3.07. The lowest BCUT2D eigenvalue weighted by molar-refractivity contribution is -2.00. The van der Waals surface area contributed by atoms with Gasteiger partial charge in [0.05, 0.1) is 23.9 Å². The van der Waals surface area contributed by atoms with E-state index in [1.54, 1.807) is 12.1 Å². The van der Waals surface area contributed by atoms with Gasteiger partial charge >= 0.3 is 11.5 Å². The summed E-state index contributed by atoms with van der Waals surface area (Å²) in [5, 5.41) is 10.9. The van der Waals surface area contributed by atoms with Crippen LogP contribution in [-0.2, 0) is 0 Å². The lowest BCUT2D eigenvalue weighted by Gasteiger charge is -2.17. The van der Waals surface area contributed by atoms with Crippen LogP contribution < -0.4 is 28.1 Å². The van der Waals surface area contributed by atoms with E-state index >= 15 is 0 Å². The minimum atomic E-state index is -4.94. The Hall–Kier alpha value is -3.19. The maximum atomic E-state index is 8.86. The zero-order valence-electron chi connectivity index (χ0n) is 15.1. The fourth-order valence-electron chi connectivity index (χ4n) is 2.73. The van der Waals surface area contributed by atoms with Gasteiger partial charge in [0.15, 0.2) is 11.5 Å². The number of aryl methyl sites for hydroxylation is 1. The molecule has 8 nitrogen and oxygen atoms in total. The molecule has 0 spiro atoms. The van der Waals surface area contributed by atoms with E-state index in [0.29, 0.717) is 5.56 Å². The monoisotopic (exact) mass is 415 g/mol. The largest absolute Gasteiger partial charge is 0.454 e. The highest BCUT2D eigenvalue weighted by molar-refractivity contribution is 5.93. The quantitative estimate of drug-likeness (QED) is 0.533. The van der Waals surface area contributed by atoms with Crippen molar-refractivity contribution >= 4 is 22.9 Å². The summed E-state index contributed by atoms with van der Waals surface area (Å²) in [6.07, 6.45) is 3.89. The first-order chi connectivity index (χ1) is 13.7. The molecule has 2 aromatic carbocycles. The Kier molecular flexibility index (Phi) is 5.98. The Labute approximate surface area is 167 Å². The van der Waals surface area contributed by atoms with Gasteiger partial charge in [-0.2, -0.15) is 5.26 Å². The second-order valence-corrected chi connectivity index (χ2v) is 6.72. The van der Waals surface area contributed by atoms with Crippen molar-refractivity contribution in [3.8, 4) is 17.6 Å². The topological polar surface area (TPSA) is 146 Å². The number of fused-ring (bicyclic) bond motifs is 2. The van der Waals surface area contributed by atoms with Crippen molar-refractivity contribution in [1.29, 1.82) is 5.26 Å². The Morgan fingerprint density at radius 3 is 2.24 bits per heavy atom. The highest BCUT2D eigenvalue weighted by atomic mass is 35.7. The average molecular weight is 416 g/mol. The molecule has 0 amide bonds. The van der Waals surface area contributed by atoms with Crippen LogP contribution >= 0.6 is 0 Å². The third-order valence-corrected chi connectivity index (χ3v) is 3.91. The van der Waals surface area contributed by atoms with Crippen LogP contribution in [0.25, 0.3) is 22.9 Å². The number of nitrogens with zero attached hydrogens (tertiary/aromatic N) is 1. The highest BCUT2D eigenvalue weighted by Gasteiger charge is 2.20. The molecule has 29 heavy (non-hydrogen) atoms. The van der Waals surface area contributed by atoms with Gasteiger partial charge in [-0.05, 0) is 29.8 Å². The SMILES string of the molecule is Cc1cc2cc3c(cc2c(C=Cc2ccc(C#N)cc2)[o+]1)OCO3.[O-][Cl+3]([O-])([O-])[O-]. The summed E-state index contributed by atoms with van der Waals surface area (Å²) in [5.41, 5.74) is 1.64. The summed E-state index contributed by atoms with van der Waals surface area (Å²) in [4.78, 5) is 0. The van der Waals surface area contributed by atoms with E-state index in [-0.39, 0.29) is 6.79 Å². The van der Waals surface area contributed by atoms with E-state index in [0.717, 1.165) is 39.4 Å². The van der Waals surface area contributed by atoms with Gasteiger partial charge in [-0.1, -0.05) is 12.1 Å². The van der Waals surface area contributed by atoms with Crippen LogP contribution in [0.15, 0.2) is 46.9 Å². The first kappa shape index (κ1) is 20.5. The fourth-order valence-corrected chi connectivity index (χ4v) is 2.73. The van der Waals surface area contributed by atoms with E-state index in [9.17, 15) is 0 Å². The van der Waals surface area contributed by atoms with Crippen LogP contribution in [0.2, 0.25) is 0 Å². The molecule has 0 fully saturated rings. The number of benzene rings is 2. The van der Waals surface area contributed by atoms with E-state index in [4.69, 9.17) is 37.8 Å². The van der Waals surface area contributed by atoms with Crippen molar-refractivity contribution in [3.05, 3.63) is 65.1 Å². The maximum absolute atomic E-state index is 8.86. The van der Waals surface area contributed by atoms with Crippen LogP contribution in [0.1, 0.15) is 22.6 Å². The van der Waals surface area contributed by atoms with Gasteiger partial charge in [0.2, 0.25) is 6.79 Å². The molecule has 1 aliphatic heterocycles. The van der Waals surface area contributed by atoms with Gasteiger partial charge in [-0.3, -0.25) is 0 Å². The molecule has 1 aliphatic rings. The third kappa shape index (κ3) is 5.65. The average Bonchev–Trinajstić information content (AvgIpc) is 3.11. The maximum Gasteiger partial charge on any atom is 0.360 e. The van der Waals surface area contributed by atoms with Gasteiger partial charge in [-0.25, -0.2) is 23.1 Å². The van der Waals surface area contributed by atoms with E-state index < -0.39 is 10.2 Å². The summed E-state index contributed by atoms with van der Waals surface area (Å²) in [6.45, 7) is 2.17. The molecule has 0 saturated heterocycles. The van der Waals surface area contributed by atoms with Crippen molar-refractivity contribution in [2.45, 2.75) is 6.92 Å². The van der Waals surface area contributed by atoms with Crippen molar-refractivity contribution in [3.63, 3.8) is 0 Å². The zero-order chi connectivity index (χ0) is 21.0. The summed E-state index contributed by atoms with van der Waals surface area (Å²) >= 11 is 0. The van der Waals surface area contributed by atoms with Crippen LogP contribution in [0.5, 0.6) is 11.5 Å². The molecule has 0 atom stereocenters. The fraction of sp³-hybridized carbons (Fsp3) is 0.100.